The van der Waals surface area contributed by atoms with Gasteiger partial charge in [0.1, 0.15) is 5.82 Å². The van der Waals surface area contributed by atoms with Gasteiger partial charge in [-0.25, -0.2) is 4.39 Å². The second-order valence-corrected chi connectivity index (χ2v) is 8.02. The summed E-state index contributed by atoms with van der Waals surface area (Å²) in [7, 11) is 0. The number of carbonyl (C=O) groups is 1. The molecule has 0 radical (unpaired) electrons. The Bertz CT molecular complexity index is 1240. The number of aryl methyl sites for hydroxylation is 1. The molecule has 154 valence electrons. The summed E-state index contributed by atoms with van der Waals surface area (Å²) in [4.78, 5) is 18.5. The molecule has 1 N–H and O–H groups in total. The largest absolute Gasteiger partial charge is 0.322 e. The molecular weight excluding hydrogens is 407 g/mol. The van der Waals surface area contributed by atoms with Gasteiger partial charge in [0.15, 0.2) is 0 Å². The Morgan fingerprint density at radius 2 is 1.81 bits per heavy atom. The summed E-state index contributed by atoms with van der Waals surface area (Å²) in [5.41, 5.74) is 4.73. The number of hydrogen-bond donors (Lipinski definition) is 1. The number of rotatable bonds is 5. The Morgan fingerprint density at radius 3 is 2.58 bits per heavy atom. The summed E-state index contributed by atoms with van der Waals surface area (Å²) in [6.07, 6.45) is 3.69. The third kappa shape index (κ3) is 4.67. The van der Waals surface area contributed by atoms with E-state index in [1.54, 1.807) is 36.2 Å². The van der Waals surface area contributed by atoms with Gasteiger partial charge in [0.05, 0.1) is 5.69 Å². The van der Waals surface area contributed by atoms with Crippen LogP contribution in [0.1, 0.15) is 15.9 Å². The van der Waals surface area contributed by atoms with Crippen LogP contribution >= 0.6 is 11.8 Å². The Morgan fingerprint density at radius 1 is 0.935 bits per heavy atom. The summed E-state index contributed by atoms with van der Waals surface area (Å²) in [6.45, 7) is 1.91. The van der Waals surface area contributed by atoms with E-state index in [0.717, 1.165) is 21.7 Å². The Hall–Kier alpha value is -3.44. The highest BCUT2D eigenvalue weighted by Crippen LogP contribution is 2.32. The van der Waals surface area contributed by atoms with Gasteiger partial charge in [0.2, 0.25) is 0 Å². The Kier molecular flexibility index (Phi) is 6.14. The van der Waals surface area contributed by atoms with E-state index in [2.05, 4.69) is 10.3 Å². The third-order valence-electron chi connectivity index (χ3n) is 4.96. The molecule has 31 heavy (non-hydrogen) atoms. The maximum absolute atomic E-state index is 14.7. The predicted molar refractivity (Wildman–Crippen MR) is 126 cm³/mol. The van der Waals surface area contributed by atoms with Gasteiger partial charge >= 0.3 is 0 Å². The standard InChI is InChI=1S/C26H21FN2OS/c1-17-9-12-24(27)23(14-17)22-16-20(31-2)10-11-21(22)26(30)29-19-7-5-6-18(15-19)25-8-3-4-13-28-25/h3-16H,1-2H3,(H,29,30). The monoisotopic (exact) mass is 428 g/mol. The van der Waals surface area contributed by atoms with Gasteiger partial charge in [-0.15, -0.1) is 11.8 Å². The normalized spacial score (nSPS) is 10.7. The van der Waals surface area contributed by atoms with Crippen LogP contribution in [-0.2, 0) is 0 Å². The second-order valence-electron chi connectivity index (χ2n) is 7.14. The molecule has 1 heterocycles. The molecule has 0 saturated heterocycles. The topological polar surface area (TPSA) is 42.0 Å². The molecular formula is C26H21FN2OS. The number of amides is 1. The van der Waals surface area contributed by atoms with Crippen LogP contribution in [0.25, 0.3) is 22.4 Å². The molecule has 4 aromatic rings. The zero-order chi connectivity index (χ0) is 21.8. The number of halogens is 1. The van der Waals surface area contributed by atoms with Crippen LogP contribution in [0.5, 0.6) is 0 Å². The van der Waals surface area contributed by atoms with E-state index in [-0.39, 0.29) is 11.7 Å². The molecule has 1 amide bonds. The zero-order valence-corrected chi connectivity index (χ0v) is 18.0. The van der Waals surface area contributed by atoms with Gasteiger partial charge in [-0.3, -0.25) is 9.78 Å². The number of nitrogens with one attached hydrogen (secondary N) is 1. The first-order valence-corrected chi connectivity index (χ1v) is 11.0. The van der Waals surface area contributed by atoms with Crippen LogP contribution in [0, 0.1) is 12.7 Å². The Balaban J connectivity index is 1.70. The summed E-state index contributed by atoms with van der Waals surface area (Å²) in [5.74, 6) is -0.642. The third-order valence-corrected chi connectivity index (χ3v) is 5.69. The van der Waals surface area contributed by atoms with Crippen LogP contribution in [0.3, 0.4) is 0 Å². The number of hydrogen-bond acceptors (Lipinski definition) is 3. The minimum atomic E-state index is -0.352. The van der Waals surface area contributed by atoms with Crippen LogP contribution in [0.2, 0.25) is 0 Å². The van der Waals surface area contributed by atoms with E-state index in [0.29, 0.717) is 22.4 Å². The van der Waals surface area contributed by atoms with E-state index in [4.69, 9.17) is 0 Å². The molecule has 0 aliphatic rings. The molecule has 0 unspecified atom stereocenters. The number of pyridine rings is 1. The second kappa shape index (κ2) is 9.14. The molecule has 3 nitrogen and oxygen atoms in total. The zero-order valence-electron chi connectivity index (χ0n) is 17.2. The molecule has 1 aromatic heterocycles. The van der Waals surface area contributed by atoms with E-state index >= 15 is 0 Å². The summed E-state index contributed by atoms with van der Waals surface area (Å²) < 4.78 is 14.7. The maximum atomic E-state index is 14.7. The molecule has 0 spiro atoms. The fraction of sp³-hybridized carbons (Fsp3) is 0.0769. The van der Waals surface area contributed by atoms with Gasteiger partial charge in [-0.2, -0.15) is 0 Å². The highest BCUT2D eigenvalue weighted by atomic mass is 32.2. The number of benzene rings is 3. The lowest BCUT2D eigenvalue weighted by Crippen LogP contribution is -2.13. The van der Waals surface area contributed by atoms with Crippen LogP contribution in [-0.4, -0.2) is 17.1 Å². The molecule has 5 heteroatoms. The fourth-order valence-corrected chi connectivity index (χ4v) is 3.84. The Labute approximate surface area is 185 Å². The van der Waals surface area contributed by atoms with Gasteiger partial charge in [-0.1, -0.05) is 29.8 Å². The minimum Gasteiger partial charge on any atom is -0.322 e. The van der Waals surface area contributed by atoms with Crippen LogP contribution in [0.4, 0.5) is 10.1 Å². The van der Waals surface area contributed by atoms with Crippen LogP contribution in [0.15, 0.2) is 90.0 Å². The number of carbonyl (C=O) groups excluding carboxylic acids is 1. The highest BCUT2D eigenvalue weighted by molar-refractivity contribution is 7.98. The smallest absolute Gasteiger partial charge is 0.256 e. The van der Waals surface area contributed by atoms with Crippen molar-refractivity contribution in [1.29, 1.82) is 0 Å². The van der Waals surface area contributed by atoms with Gasteiger partial charge < -0.3 is 5.32 Å². The quantitative estimate of drug-likeness (QED) is 0.354. The predicted octanol–water partition coefficient (Wildman–Crippen LogP) is 6.84. The molecule has 0 atom stereocenters. The highest BCUT2D eigenvalue weighted by Gasteiger charge is 2.17. The first kappa shape index (κ1) is 20.8. The fourth-order valence-electron chi connectivity index (χ4n) is 3.40. The number of aromatic nitrogens is 1. The minimum absolute atomic E-state index is 0.290. The van der Waals surface area contributed by atoms with Crippen molar-refractivity contribution in [3.63, 3.8) is 0 Å². The molecule has 0 fully saturated rings. The molecule has 4 rings (SSSR count). The van der Waals surface area contributed by atoms with Crippen molar-refractivity contribution in [1.82, 2.24) is 4.98 Å². The van der Waals surface area contributed by atoms with Crippen LogP contribution < -0.4 is 5.32 Å². The number of thioether (sulfide) groups is 1. The lowest BCUT2D eigenvalue weighted by Gasteiger charge is -2.14. The number of nitrogens with zero attached hydrogens (tertiary/aromatic N) is 1. The maximum Gasteiger partial charge on any atom is 0.256 e. The average Bonchev–Trinajstić information content (AvgIpc) is 2.81. The van der Waals surface area contributed by atoms with Gasteiger partial charge in [0, 0.05) is 33.5 Å². The molecule has 3 aromatic carbocycles. The SMILES string of the molecule is CSc1ccc(C(=O)Nc2cccc(-c3ccccn3)c2)c(-c2cc(C)ccc2F)c1. The first-order valence-electron chi connectivity index (χ1n) is 9.82. The van der Waals surface area contributed by atoms with E-state index in [9.17, 15) is 9.18 Å². The first-order chi connectivity index (χ1) is 15.0. The molecule has 0 saturated carbocycles. The number of anilines is 1. The van der Waals surface area contributed by atoms with E-state index in [1.165, 1.54) is 6.07 Å². The van der Waals surface area contributed by atoms with Crippen molar-refractivity contribution < 1.29 is 9.18 Å². The average molecular weight is 429 g/mol. The van der Waals surface area contributed by atoms with Crippen molar-refractivity contribution in [2.24, 2.45) is 0 Å². The molecule has 0 aliphatic heterocycles. The van der Waals surface area contributed by atoms with Gasteiger partial charge in [0.25, 0.3) is 5.91 Å². The summed E-state index contributed by atoms with van der Waals surface area (Å²) in [5, 5.41) is 2.95. The lowest BCUT2D eigenvalue weighted by atomic mass is 9.97. The van der Waals surface area contributed by atoms with Crippen molar-refractivity contribution in [3.05, 3.63) is 102 Å². The lowest BCUT2D eigenvalue weighted by molar-refractivity contribution is 0.102. The van der Waals surface area contributed by atoms with Crippen molar-refractivity contribution in [3.8, 4) is 22.4 Å². The van der Waals surface area contributed by atoms with Crippen molar-refractivity contribution in [2.45, 2.75) is 11.8 Å². The van der Waals surface area contributed by atoms with Gasteiger partial charge in [-0.05, 0) is 73.3 Å². The van der Waals surface area contributed by atoms with Crippen molar-refractivity contribution >= 4 is 23.4 Å². The molecule has 0 aliphatic carbocycles. The summed E-state index contributed by atoms with van der Waals surface area (Å²) >= 11 is 1.55. The molecule has 0 bridgehead atoms. The van der Waals surface area contributed by atoms with Crippen molar-refractivity contribution in [2.75, 3.05) is 11.6 Å². The summed E-state index contributed by atoms with van der Waals surface area (Å²) in [6, 6.07) is 23.6. The van der Waals surface area contributed by atoms with E-state index in [1.807, 2.05) is 67.8 Å². The van der Waals surface area contributed by atoms with E-state index < -0.39 is 0 Å².